The average Bonchev–Trinajstić information content (AvgIpc) is 2.82. The molecule has 0 saturated carbocycles. The van der Waals surface area contributed by atoms with Crippen LogP contribution in [0, 0.1) is 5.92 Å². The lowest BCUT2D eigenvalue weighted by atomic mass is 9.88. The smallest absolute Gasteiger partial charge is 0.321 e. The molecule has 182 valence electrons. The van der Waals surface area contributed by atoms with Gasteiger partial charge in [-0.05, 0) is 62.4 Å². The van der Waals surface area contributed by atoms with Gasteiger partial charge in [-0.15, -0.1) is 0 Å². The number of piperidine rings is 1. The van der Waals surface area contributed by atoms with E-state index >= 15 is 0 Å². The highest BCUT2D eigenvalue weighted by atomic mass is 35.5. The van der Waals surface area contributed by atoms with Gasteiger partial charge in [0.25, 0.3) is 5.91 Å². The first-order chi connectivity index (χ1) is 16.3. The number of carbonyl (C=O) groups is 3. The van der Waals surface area contributed by atoms with Crippen LogP contribution in [-0.4, -0.2) is 47.9 Å². The molecule has 0 spiro atoms. The Hall–Kier alpha value is -2.77. The largest absolute Gasteiger partial charge is 0.352 e. The quantitative estimate of drug-likeness (QED) is 0.498. The van der Waals surface area contributed by atoms with Gasteiger partial charge in [0, 0.05) is 29.8 Å². The standard InChI is InChI=1S/C25H30Cl2N4O3/c1-3-16(2)28-24(33)22(30-23(32)20-9-4-5-10-21(20)27)17-11-13-31(14-12-17)25(34)29-19-8-6-7-18(26)15-19/h4-10,15-17,22H,3,11-14H2,1-2H3,(H,28,33)(H,29,34)(H,30,32)/t16-,22-/m0/s1. The predicted molar refractivity (Wildman–Crippen MR) is 135 cm³/mol. The van der Waals surface area contributed by atoms with Gasteiger partial charge in [-0.1, -0.05) is 48.3 Å². The number of hydrogen-bond acceptors (Lipinski definition) is 3. The van der Waals surface area contributed by atoms with Crippen LogP contribution in [0.25, 0.3) is 0 Å². The zero-order valence-electron chi connectivity index (χ0n) is 19.3. The highest BCUT2D eigenvalue weighted by molar-refractivity contribution is 6.33. The fourth-order valence-electron chi connectivity index (χ4n) is 3.90. The summed E-state index contributed by atoms with van der Waals surface area (Å²) >= 11 is 12.2. The Morgan fingerprint density at radius 3 is 2.38 bits per heavy atom. The van der Waals surface area contributed by atoms with E-state index < -0.39 is 11.9 Å². The Kier molecular flexibility index (Phi) is 9.19. The van der Waals surface area contributed by atoms with Crippen molar-refractivity contribution in [3.8, 4) is 0 Å². The van der Waals surface area contributed by atoms with Crippen molar-refractivity contribution in [1.82, 2.24) is 15.5 Å². The number of carbonyl (C=O) groups excluding carboxylic acids is 3. The minimum Gasteiger partial charge on any atom is -0.352 e. The number of hydrogen-bond donors (Lipinski definition) is 3. The SMILES string of the molecule is CC[C@H](C)NC(=O)[C@@H](NC(=O)c1ccccc1Cl)C1CCN(C(=O)Nc2cccc(Cl)c2)CC1. The molecule has 2 aromatic carbocycles. The Morgan fingerprint density at radius 2 is 1.74 bits per heavy atom. The van der Waals surface area contributed by atoms with Crippen molar-refractivity contribution in [2.45, 2.75) is 45.2 Å². The maximum absolute atomic E-state index is 13.1. The average molecular weight is 505 g/mol. The molecule has 3 rings (SSSR count). The number of likely N-dealkylation sites (tertiary alicyclic amines) is 1. The molecule has 0 aromatic heterocycles. The van der Waals surface area contributed by atoms with Crippen molar-refractivity contribution >= 4 is 46.7 Å². The predicted octanol–water partition coefficient (Wildman–Crippen LogP) is 4.95. The zero-order valence-corrected chi connectivity index (χ0v) is 20.8. The van der Waals surface area contributed by atoms with Crippen molar-refractivity contribution in [2.24, 2.45) is 5.92 Å². The van der Waals surface area contributed by atoms with E-state index in [4.69, 9.17) is 23.2 Å². The van der Waals surface area contributed by atoms with E-state index in [1.807, 2.05) is 13.8 Å². The first kappa shape index (κ1) is 25.8. The summed E-state index contributed by atoms with van der Waals surface area (Å²) in [7, 11) is 0. The van der Waals surface area contributed by atoms with Crippen LogP contribution in [0.5, 0.6) is 0 Å². The minimum atomic E-state index is -0.726. The second kappa shape index (κ2) is 12.1. The van der Waals surface area contributed by atoms with E-state index in [-0.39, 0.29) is 23.9 Å². The van der Waals surface area contributed by atoms with E-state index in [2.05, 4.69) is 16.0 Å². The van der Waals surface area contributed by atoms with Crippen LogP contribution in [0.4, 0.5) is 10.5 Å². The van der Waals surface area contributed by atoms with Gasteiger partial charge in [-0.2, -0.15) is 0 Å². The molecule has 1 fully saturated rings. The van der Waals surface area contributed by atoms with Crippen LogP contribution in [0.15, 0.2) is 48.5 Å². The van der Waals surface area contributed by atoms with E-state index in [1.165, 1.54) is 0 Å². The molecule has 1 aliphatic heterocycles. The van der Waals surface area contributed by atoms with Crippen molar-refractivity contribution in [3.05, 3.63) is 64.1 Å². The fraction of sp³-hybridized carbons (Fsp3) is 0.400. The van der Waals surface area contributed by atoms with Gasteiger partial charge in [-0.3, -0.25) is 9.59 Å². The first-order valence-electron chi connectivity index (χ1n) is 11.5. The molecule has 0 radical (unpaired) electrons. The molecular weight excluding hydrogens is 475 g/mol. The number of anilines is 1. The number of nitrogens with one attached hydrogen (secondary N) is 3. The first-order valence-corrected chi connectivity index (χ1v) is 12.2. The number of benzene rings is 2. The van der Waals surface area contributed by atoms with Gasteiger partial charge >= 0.3 is 6.03 Å². The van der Waals surface area contributed by atoms with E-state index in [1.54, 1.807) is 53.4 Å². The summed E-state index contributed by atoms with van der Waals surface area (Å²) in [5, 5.41) is 9.59. The number of rotatable bonds is 7. The molecule has 0 bridgehead atoms. The maximum Gasteiger partial charge on any atom is 0.321 e. The maximum atomic E-state index is 13.1. The molecule has 0 aliphatic carbocycles. The van der Waals surface area contributed by atoms with Gasteiger partial charge in [0.2, 0.25) is 5.91 Å². The Bertz CT molecular complexity index is 1020. The van der Waals surface area contributed by atoms with E-state index in [9.17, 15) is 14.4 Å². The summed E-state index contributed by atoms with van der Waals surface area (Å²) in [4.78, 5) is 40.4. The van der Waals surface area contributed by atoms with Crippen LogP contribution in [0.2, 0.25) is 10.0 Å². The normalized spacial score (nSPS) is 15.8. The molecule has 2 aromatic rings. The summed E-state index contributed by atoms with van der Waals surface area (Å²) in [5.74, 6) is -0.738. The monoisotopic (exact) mass is 504 g/mol. The molecule has 7 nitrogen and oxygen atoms in total. The summed E-state index contributed by atoms with van der Waals surface area (Å²) in [6.45, 7) is 4.84. The van der Waals surface area contributed by atoms with Crippen LogP contribution in [0.1, 0.15) is 43.5 Å². The van der Waals surface area contributed by atoms with Crippen LogP contribution in [-0.2, 0) is 4.79 Å². The molecule has 34 heavy (non-hydrogen) atoms. The Morgan fingerprint density at radius 1 is 1.03 bits per heavy atom. The van der Waals surface area contributed by atoms with Crippen molar-refractivity contribution in [2.75, 3.05) is 18.4 Å². The summed E-state index contributed by atoms with van der Waals surface area (Å²) < 4.78 is 0. The molecule has 3 N–H and O–H groups in total. The van der Waals surface area contributed by atoms with E-state index in [0.29, 0.717) is 47.2 Å². The lowest BCUT2D eigenvalue weighted by molar-refractivity contribution is -0.125. The highest BCUT2D eigenvalue weighted by Crippen LogP contribution is 2.24. The lowest BCUT2D eigenvalue weighted by Gasteiger charge is -2.36. The molecule has 1 heterocycles. The molecule has 1 saturated heterocycles. The lowest BCUT2D eigenvalue weighted by Crippen LogP contribution is -2.55. The molecular formula is C25H30Cl2N4O3. The molecule has 9 heteroatoms. The van der Waals surface area contributed by atoms with Gasteiger partial charge in [0.1, 0.15) is 6.04 Å². The van der Waals surface area contributed by atoms with Crippen molar-refractivity contribution in [3.63, 3.8) is 0 Å². The van der Waals surface area contributed by atoms with Gasteiger partial charge in [0.05, 0.1) is 10.6 Å². The van der Waals surface area contributed by atoms with Gasteiger partial charge in [-0.25, -0.2) is 4.79 Å². The third-order valence-electron chi connectivity index (χ3n) is 6.06. The molecule has 1 aliphatic rings. The van der Waals surface area contributed by atoms with Gasteiger partial charge in [0.15, 0.2) is 0 Å². The van der Waals surface area contributed by atoms with E-state index in [0.717, 1.165) is 6.42 Å². The van der Waals surface area contributed by atoms with Gasteiger partial charge < -0.3 is 20.9 Å². The third-order valence-corrected chi connectivity index (χ3v) is 6.63. The fourth-order valence-corrected chi connectivity index (χ4v) is 4.31. The Labute approximate surface area is 210 Å². The number of urea groups is 1. The van der Waals surface area contributed by atoms with Crippen molar-refractivity contribution < 1.29 is 14.4 Å². The third kappa shape index (κ3) is 6.87. The van der Waals surface area contributed by atoms with Crippen LogP contribution < -0.4 is 16.0 Å². The number of nitrogens with zero attached hydrogens (tertiary/aromatic N) is 1. The summed E-state index contributed by atoms with van der Waals surface area (Å²) in [5.41, 5.74) is 0.946. The topological polar surface area (TPSA) is 90.5 Å². The second-order valence-corrected chi connectivity index (χ2v) is 9.36. The zero-order chi connectivity index (χ0) is 24.7. The molecule has 4 amide bonds. The van der Waals surface area contributed by atoms with Crippen LogP contribution in [0.3, 0.4) is 0 Å². The number of amides is 4. The highest BCUT2D eigenvalue weighted by Gasteiger charge is 2.34. The molecule has 2 atom stereocenters. The summed E-state index contributed by atoms with van der Waals surface area (Å²) in [6.07, 6.45) is 1.92. The van der Waals surface area contributed by atoms with Crippen molar-refractivity contribution in [1.29, 1.82) is 0 Å². The second-order valence-electron chi connectivity index (χ2n) is 8.51. The summed E-state index contributed by atoms with van der Waals surface area (Å²) in [6, 6.07) is 12.8. The van der Waals surface area contributed by atoms with Crippen LogP contribution >= 0.6 is 23.2 Å². The Balaban J connectivity index is 1.66. The molecule has 0 unspecified atom stereocenters. The number of halogens is 2. The minimum absolute atomic E-state index is 0.0178.